The number of hydrogen-bond donors (Lipinski definition) is 1. The standard InChI is InChI=1S/C23H21BrClNO3/c1-14(2)10-21-19(15-6-8-16(24)9-7-15)12-20(23(27)28)22(26-21)13-29-18-5-3-4-17(25)11-18/h3-9,11-12,14H,10,13H2,1-2H3,(H,27,28). The molecular weight excluding hydrogens is 454 g/mol. The molecule has 0 saturated heterocycles. The van der Waals surface area contributed by atoms with Gasteiger partial charge in [-0.3, -0.25) is 4.98 Å². The Morgan fingerprint density at radius 3 is 2.48 bits per heavy atom. The zero-order chi connectivity index (χ0) is 21.0. The highest BCUT2D eigenvalue weighted by molar-refractivity contribution is 9.10. The Morgan fingerprint density at radius 2 is 1.86 bits per heavy atom. The van der Waals surface area contributed by atoms with Gasteiger partial charge in [0.05, 0.1) is 11.3 Å². The molecule has 150 valence electrons. The Hall–Kier alpha value is -2.37. The lowest BCUT2D eigenvalue weighted by molar-refractivity contribution is 0.0693. The molecule has 0 aliphatic rings. The van der Waals surface area contributed by atoms with Crippen molar-refractivity contribution in [2.45, 2.75) is 26.9 Å². The van der Waals surface area contributed by atoms with E-state index >= 15 is 0 Å². The molecule has 0 unspecified atom stereocenters. The summed E-state index contributed by atoms with van der Waals surface area (Å²) in [6.07, 6.45) is 0.732. The van der Waals surface area contributed by atoms with Gasteiger partial charge in [0.1, 0.15) is 12.4 Å². The summed E-state index contributed by atoms with van der Waals surface area (Å²) < 4.78 is 6.73. The van der Waals surface area contributed by atoms with E-state index in [2.05, 4.69) is 29.8 Å². The SMILES string of the molecule is CC(C)Cc1nc(COc2cccc(Cl)c2)c(C(=O)O)cc1-c1ccc(Br)cc1. The van der Waals surface area contributed by atoms with E-state index in [4.69, 9.17) is 21.3 Å². The topological polar surface area (TPSA) is 59.4 Å². The van der Waals surface area contributed by atoms with Crippen LogP contribution in [0.25, 0.3) is 11.1 Å². The summed E-state index contributed by atoms with van der Waals surface area (Å²) in [7, 11) is 0. The smallest absolute Gasteiger partial charge is 0.337 e. The van der Waals surface area contributed by atoms with Crippen LogP contribution >= 0.6 is 27.5 Å². The maximum Gasteiger partial charge on any atom is 0.337 e. The largest absolute Gasteiger partial charge is 0.487 e. The van der Waals surface area contributed by atoms with Crippen molar-refractivity contribution in [1.29, 1.82) is 0 Å². The van der Waals surface area contributed by atoms with Crippen molar-refractivity contribution in [1.82, 2.24) is 4.98 Å². The van der Waals surface area contributed by atoms with E-state index in [1.165, 1.54) is 0 Å². The van der Waals surface area contributed by atoms with Crippen molar-refractivity contribution >= 4 is 33.5 Å². The van der Waals surface area contributed by atoms with Gasteiger partial charge in [0.2, 0.25) is 0 Å². The molecule has 1 aromatic heterocycles. The summed E-state index contributed by atoms with van der Waals surface area (Å²) in [6.45, 7) is 4.27. The van der Waals surface area contributed by atoms with Crippen LogP contribution in [0.5, 0.6) is 5.75 Å². The highest BCUT2D eigenvalue weighted by Gasteiger charge is 2.19. The van der Waals surface area contributed by atoms with Gasteiger partial charge in [-0.1, -0.05) is 59.6 Å². The molecule has 0 spiro atoms. The number of rotatable bonds is 7. The van der Waals surface area contributed by atoms with Crippen LogP contribution in [0.1, 0.15) is 35.6 Å². The summed E-state index contributed by atoms with van der Waals surface area (Å²) in [5.41, 5.74) is 3.15. The fourth-order valence-electron chi connectivity index (χ4n) is 3.02. The first-order valence-electron chi connectivity index (χ1n) is 9.24. The van der Waals surface area contributed by atoms with Crippen LogP contribution in [0.4, 0.5) is 0 Å². The predicted octanol–water partition coefficient (Wildman–Crippen LogP) is 6.64. The average Bonchev–Trinajstić information content (AvgIpc) is 2.66. The Balaban J connectivity index is 2.03. The lowest BCUT2D eigenvalue weighted by atomic mass is 9.95. The molecule has 3 aromatic rings. The van der Waals surface area contributed by atoms with Gasteiger partial charge in [-0.25, -0.2) is 4.79 Å². The third-order valence-corrected chi connectivity index (χ3v) is 5.10. The first kappa shape index (κ1) is 21.3. The third kappa shape index (κ3) is 5.58. The van der Waals surface area contributed by atoms with E-state index in [-0.39, 0.29) is 12.2 Å². The number of carbonyl (C=O) groups is 1. The molecule has 0 aliphatic heterocycles. The van der Waals surface area contributed by atoms with E-state index in [0.717, 1.165) is 27.7 Å². The molecule has 0 radical (unpaired) electrons. The molecule has 0 bridgehead atoms. The average molecular weight is 475 g/mol. The Bertz CT molecular complexity index is 1020. The number of pyridine rings is 1. The number of aromatic carboxylic acids is 1. The highest BCUT2D eigenvalue weighted by Crippen LogP contribution is 2.29. The van der Waals surface area contributed by atoms with Crippen LogP contribution in [0.15, 0.2) is 59.1 Å². The number of aromatic nitrogens is 1. The molecule has 1 heterocycles. The van der Waals surface area contributed by atoms with Crippen LogP contribution in [-0.4, -0.2) is 16.1 Å². The Kier molecular flexibility index (Phi) is 6.93. The molecular formula is C23H21BrClNO3. The molecule has 4 nitrogen and oxygen atoms in total. The van der Waals surface area contributed by atoms with Gasteiger partial charge < -0.3 is 9.84 Å². The molecule has 29 heavy (non-hydrogen) atoms. The number of nitrogens with zero attached hydrogens (tertiary/aromatic N) is 1. The number of benzene rings is 2. The summed E-state index contributed by atoms with van der Waals surface area (Å²) in [5, 5.41) is 10.3. The fourth-order valence-corrected chi connectivity index (χ4v) is 3.46. The second-order valence-corrected chi connectivity index (χ2v) is 8.49. The quantitative estimate of drug-likeness (QED) is 0.417. The van der Waals surface area contributed by atoms with E-state index in [0.29, 0.717) is 22.4 Å². The summed E-state index contributed by atoms with van der Waals surface area (Å²) in [5.74, 6) is -0.0937. The number of hydrogen-bond acceptors (Lipinski definition) is 3. The van der Waals surface area contributed by atoms with Gasteiger partial charge in [-0.05, 0) is 54.3 Å². The molecule has 2 aromatic carbocycles. The molecule has 0 amide bonds. The molecule has 6 heteroatoms. The summed E-state index contributed by atoms with van der Waals surface area (Å²) in [4.78, 5) is 16.7. The predicted molar refractivity (Wildman–Crippen MR) is 119 cm³/mol. The molecule has 1 N–H and O–H groups in total. The number of carboxylic acids is 1. The molecule has 0 fully saturated rings. The van der Waals surface area contributed by atoms with Crippen molar-refractivity contribution < 1.29 is 14.6 Å². The normalized spacial score (nSPS) is 10.9. The van der Waals surface area contributed by atoms with Crippen molar-refractivity contribution in [3.05, 3.63) is 81.0 Å². The maximum atomic E-state index is 11.9. The van der Waals surface area contributed by atoms with Crippen molar-refractivity contribution in [3.63, 3.8) is 0 Å². The zero-order valence-corrected chi connectivity index (χ0v) is 18.5. The van der Waals surface area contributed by atoms with Gasteiger partial charge in [-0.2, -0.15) is 0 Å². The van der Waals surface area contributed by atoms with Gasteiger partial charge in [0, 0.05) is 20.8 Å². The van der Waals surface area contributed by atoms with Crippen molar-refractivity contribution in [2.24, 2.45) is 5.92 Å². The van der Waals surface area contributed by atoms with Gasteiger partial charge in [-0.15, -0.1) is 0 Å². The van der Waals surface area contributed by atoms with Crippen molar-refractivity contribution in [2.75, 3.05) is 0 Å². The van der Waals surface area contributed by atoms with Crippen LogP contribution in [0.2, 0.25) is 5.02 Å². The van der Waals surface area contributed by atoms with Gasteiger partial charge in [0.25, 0.3) is 0 Å². The molecule has 0 atom stereocenters. The van der Waals surface area contributed by atoms with E-state index in [1.807, 2.05) is 24.3 Å². The van der Waals surface area contributed by atoms with Gasteiger partial charge >= 0.3 is 5.97 Å². The zero-order valence-electron chi connectivity index (χ0n) is 16.2. The van der Waals surface area contributed by atoms with Crippen LogP contribution in [0, 0.1) is 5.92 Å². The number of carboxylic acid groups (broad SMARTS) is 1. The van der Waals surface area contributed by atoms with E-state index in [9.17, 15) is 9.90 Å². The fraction of sp³-hybridized carbons (Fsp3) is 0.217. The minimum atomic E-state index is -1.03. The van der Waals surface area contributed by atoms with Gasteiger partial charge in [0.15, 0.2) is 0 Å². The monoisotopic (exact) mass is 473 g/mol. The lowest BCUT2D eigenvalue weighted by Gasteiger charge is -2.16. The van der Waals surface area contributed by atoms with Crippen molar-refractivity contribution in [3.8, 4) is 16.9 Å². The summed E-state index contributed by atoms with van der Waals surface area (Å²) in [6, 6.07) is 16.5. The Labute approximate surface area is 183 Å². The third-order valence-electron chi connectivity index (χ3n) is 4.34. The second-order valence-electron chi connectivity index (χ2n) is 7.13. The first-order valence-corrected chi connectivity index (χ1v) is 10.4. The van der Waals surface area contributed by atoms with Crippen LogP contribution < -0.4 is 4.74 Å². The van der Waals surface area contributed by atoms with Crippen LogP contribution in [0.3, 0.4) is 0 Å². The van der Waals surface area contributed by atoms with E-state index < -0.39 is 5.97 Å². The second kappa shape index (κ2) is 9.42. The molecule has 0 aliphatic carbocycles. The molecule has 3 rings (SSSR count). The maximum absolute atomic E-state index is 11.9. The minimum Gasteiger partial charge on any atom is -0.487 e. The van der Waals surface area contributed by atoms with E-state index in [1.54, 1.807) is 30.3 Å². The lowest BCUT2D eigenvalue weighted by Crippen LogP contribution is -2.12. The van der Waals surface area contributed by atoms with Crippen LogP contribution in [-0.2, 0) is 13.0 Å². The molecule has 0 saturated carbocycles. The first-order chi connectivity index (χ1) is 13.8. The number of halogens is 2. The Morgan fingerprint density at radius 1 is 1.14 bits per heavy atom. The highest BCUT2D eigenvalue weighted by atomic mass is 79.9. The summed E-state index contributed by atoms with van der Waals surface area (Å²) >= 11 is 9.44. The minimum absolute atomic E-state index is 0.0493. The number of ether oxygens (including phenoxy) is 1.